The van der Waals surface area contributed by atoms with E-state index in [1.54, 1.807) is 6.07 Å². The van der Waals surface area contributed by atoms with Crippen LogP contribution in [0, 0.1) is 0 Å². The van der Waals surface area contributed by atoms with Crippen LogP contribution in [-0.2, 0) is 21.2 Å². The van der Waals surface area contributed by atoms with Gasteiger partial charge in [-0.2, -0.15) is 0 Å². The molecule has 1 saturated heterocycles. The minimum atomic E-state index is -3.27. The maximum atomic E-state index is 11.8. The molecule has 0 bridgehead atoms. The Balaban J connectivity index is 1.79. The molecule has 1 aromatic rings. The molecule has 0 radical (unpaired) electrons. The number of hydrogen-bond acceptors (Lipinski definition) is 3. The quantitative estimate of drug-likeness (QED) is 0.874. The predicted molar refractivity (Wildman–Crippen MR) is 75.9 cm³/mol. The van der Waals surface area contributed by atoms with E-state index in [1.165, 1.54) is 0 Å². The summed E-state index contributed by atoms with van der Waals surface area (Å²) in [6, 6.07) is 7.45. The summed E-state index contributed by atoms with van der Waals surface area (Å²) in [5.41, 5.74) is 0.948. The zero-order valence-electron chi connectivity index (χ0n) is 10.6. The van der Waals surface area contributed by atoms with Gasteiger partial charge >= 0.3 is 0 Å². The Hall–Kier alpha value is -0.620. The Bertz CT molecular complexity index is 512. The second-order valence-corrected chi connectivity index (χ2v) is 6.91. The van der Waals surface area contributed by atoms with Crippen molar-refractivity contribution >= 4 is 21.6 Å². The van der Waals surface area contributed by atoms with Crippen molar-refractivity contribution in [2.75, 3.05) is 18.9 Å². The number of hydrogen-bond donors (Lipinski definition) is 1. The first kappa shape index (κ1) is 14.8. The number of nitrogens with one attached hydrogen (secondary N) is 1. The van der Waals surface area contributed by atoms with Crippen LogP contribution >= 0.6 is 11.6 Å². The zero-order chi connectivity index (χ0) is 13.7. The van der Waals surface area contributed by atoms with Gasteiger partial charge in [0.15, 0.2) is 0 Å². The van der Waals surface area contributed by atoms with Crippen LogP contribution in [0.1, 0.15) is 18.4 Å². The standard InChI is InChI=1S/C13H18ClNO3S/c14-13-6-2-1-4-11(13)7-8-15-19(16,17)10-12-5-3-9-18-12/h1-2,4,6,12,15H,3,5,7-10H2. The van der Waals surface area contributed by atoms with Crippen LogP contribution in [0.4, 0.5) is 0 Å². The van der Waals surface area contributed by atoms with E-state index in [9.17, 15) is 8.42 Å². The van der Waals surface area contributed by atoms with Crippen molar-refractivity contribution in [3.8, 4) is 0 Å². The van der Waals surface area contributed by atoms with E-state index in [-0.39, 0.29) is 11.9 Å². The molecule has 4 nitrogen and oxygen atoms in total. The normalized spacial score (nSPS) is 19.7. The Kier molecular flexibility index (Phi) is 5.21. The number of benzene rings is 1. The topological polar surface area (TPSA) is 55.4 Å². The molecule has 6 heteroatoms. The van der Waals surface area contributed by atoms with Gasteiger partial charge in [-0.25, -0.2) is 13.1 Å². The summed E-state index contributed by atoms with van der Waals surface area (Å²) in [6.45, 7) is 1.03. The summed E-state index contributed by atoms with van der Waals surface area (Å²) in [7, 11) is -3.27. The van der Waals surface area contributed by atoms with Crippen LogP contribution in [0.15, 0.2) is 24.3 Å². The fourth-order valence-corrected chi connectivity index (χ4v) is 3.64. The van der Waals surface area contributed by atoms with Crippen molar-refractivity contribution in [3.63, 3.8) is 0 Å². The highest BCUT2D eigenvalue weighted by molar-refractivity contribution is 7.89. The highest BCUT2D eigenvalue weighted by Gasteiger charge is 2.22. The molecule has 1 unspecified atom stereocenters. The molecular formula is C13H18ClNO3S. The van der Waals surface area contributed by atoms with Gasteiger partial charge in [0.2, 0.25) is 10.0 Å². The first-order valence-corrected chi connectivity index (χ1v) is 8.42. The van der Waals surface area contributed by atoms with E-state index in [1.807, 2.05) is 18.2 Å². The minimum absolute atomic E-state index is 0.0511. The Morgan fingerprint density at radius 3 is 2.84 bits per heavy atom. The first-order chi connectivity index (χ1) is 9.07. The average molecular weight is 304 g/mol. The molecule has 1 N–H and O–H groups in total. The van der Waals surface area contributed by atoms with Gasteiger partial charge in [-0.05, 0) is 30.9 Å². The molecule has 106 valence electrons. The zero-order valence-corrected chi connectivity index (χ0v) is 12.2. The molecule has 0 saturated carbocycles. The highest BCUT2D eigenvalue weighted by atomic mass is 35.5. The van der Waals surface area contributed by atoms with Crippen LogP contribution in [0.5, 0.6) is 0 Å². The summed E-state index contributed by atoms with van der Waals surface area (Å²) in [5.74, 6) is 0.0511. The fourth-order valence-electron chi connectivity index (χ4n) is 2.12. The van der Waals surface area contributed by atoms with Crippen molar-refractivity contribution in [2.45, 2.75) is 25.4 Å². The van der Waals surface area contributed by atoms with E-state index >= 15 is 0 Å². The van der Waals surface area contributed by atoms with Gasteiger partial charge in [-0.15, -0.1) is 0 Å². The predicted octanol–water partition coefficient (Wildman–Crippen LogP) is 1.98. The van der Waals surface area contributed by atoms with Gasteiger partial charge in [0.25, 0.3) is 0 Å². The molecule has 0 amide bonds. The second kappa shape index (κ2) is 6.70. The lowest BCUT2D eigenvalue weighted by atomic mass is 10.1. The molecule has 1 aromatic carbocycles. The van der Waals surface area contributed by atoms with Crippen LogP contribution in [0.25, 0.3) is 0 Å². The van der Waals surface area contributed by atoms with E-state index in [4.69, 9.17) is 16.3 Å². The van der Waals surface area contributed by atoms with Crippen LogP contribution in [-0.4, -0.2) is 33.4 Å². The molecule has 19 heavy (non-hydrogen) atoms. The lowest BCUT2D eigenvalue weighted by Crippen LogP contribution is -2.33. The largest absolute Gasteiger partial charge is 0.377 e. The maximum absolute atomic E-state index is 11.8. The van der Waals surface area contributed by atoms with Crippen molar-refractivity contribution < 1.29 is 13.2 Å². The summed E-state index contributed by atoms with van der Waals surface area (Å²) in [4.78, 5) is 0. The van der Waals surface area contributed by atoms with E-state index in [0.717, 1.165) is 18.4 Å². The third-order valence-electron chi connectivity index (χ3n) is 3.10. The van der Waals surface area contributed by atoms with Crippen molar-refractivity contribution in [1.82, 2.24) is 4.72 Å². The molecule has 1 aliphatic rings. The Labute approximate surface area is 119 Å². The number of sulfonamides is 1. The second-order valence-electron chi connectivity index (χ2n) is 4.65. The van der Waals surface area contributed by atoms with Gasteiger partial charge in [-0.1, -0.05) is 29.8 Å². The molecule has 0 aliphatic carbocycles. The van der Waals surface area contributed by atoms with Crippen molar-refractivity contribution in [3.05, 3.63) is 34.9 Å². The van der Waals surface area contributed by atoms with Gasteiger partial charge in [0, 0.05) is 18.2 Å². The van der Waals surface area contributed by atoms with Crippen LogP contribution < -0.4 is 4.72 Å². The number of rotatable bonds is 6. The van der Waals surface area contributed by atoms with Crippen molar-refractivity contribution in [2.24, 2.45) is 0 Å². The lowest BCUT2D eigenvalue weighted by Gasteiger charge is -2.11. The summed E-state index contributed by atoms with van der Waals surface area (Å²) in [5, 5.41) is 0.667. The molecule has 1 fully saturated rings. The third-order valence-corrected chi connectivity index (χ3v) is 4.93. The Morgan fingerprint density at radius 2 is 2.16 bits per heavy atom. The summed E-state index contributed by atoms with van der Waals surface area (Å²) in [6.07, 6.45) is 2.20. The van der Waals surface area contributed by atoms with Crippen molar-refractivity contribution in [1.29, 1.82) is 0 Å². The molecule has 1 atom stereocenters. The van der Waals surface area contributed by atoms with Gasteiger partial charge in [0.1, 0.15) is 0 Å². The smallest absolute Gasteiger partial charge is 0.214 e. The molecule has 1 aliphatic heterocycles. The lowest BCUT2D eigenvalue weighted by molar-refractivity contribution is 0.127. The summed E-state index contributed by atoms with van der Waals surface area (Å²) >= 11 is 6.01. The third kappa shape index (κ3) is 4.76. The maximum Gasteiger partial charge on any atom is 0.214 e. The number of halogens is 1. The monoisotopic (exact) mass is 303 g/mol. The molecular weight excluding hydrogens is 286 g/mol. The highest BCUT2D eigenvalue weighted by Crippen LogP contribution is 2.15. The molecule has 0 spiro atoms. The van der Waals surface area contributed by atoms with E-state index in [0.29, 0.717) is 24.6 Å². The van der Waals surface area contributed by atoms with E-state index < -0.39 is 10.0 Å². The van der Waals surface area contributed by atoms with Gasteiger partial charge < -0.3 is 4.74 Å². The minimum Gasteiger partial charge on any atom is -0.377 e. The summed E-state index contributed by atoms with van der Waals surface area (Å²) < 4.78 is 31.6. The van der Waals surface area contributed by atoms with E-state index in [2.05, 4.69) is 4.72 Å². The SMILES string of the molecule is O=S(=O)(CC1CCCO1)NCCc1ccccc1Cl. The van der Waals surface area contributed by atoms with Gasteiger partial charge in [-0.3, -0.25) is 0 Å². The number of ether oxygens (including phenoxy) is 1. The first-order valence-electron chi connectivity index (χ1n) is 6.39. The van der Waals surface area contributed by atoms with Crippen LogP contribution in [0.2, 0.25) is 5.02 Å². The van der Waals surface area contributed by atoms with Crippen LogP contribution in [0.3, 0.4) is 0 Å². The fraction of sp³-hybridized carbons (Fsp3) is 0.538. The molecule has 1 heterocycles. The van der Waals surface area contributed by atoms with Gasteiger partial charge in [0.05, 0.1) is 11.9 Å². The molecule has 0 aromatic heterocycles. The average Bonchev–Trinajstić information content (AvgIpc) is 2.83. The molecule has 2 rings (SSSR count). The Morgan fingerprint density at radius 1 is 1.37 bits per heavy atom.